The Hall–Kier alpha value is 0.720. The van der Waals surface area contributed by atoms with E-state index in [0.29, 0.717) is 0 Å². The number of hydrogen-bond acceptors (Lipinski definition) is 6. The molecule has 0 aliphatic carbocycles. The normalized spacial score (nSPS) is 18.2. The summed E-state index contributed by atoms with van der Waals surface area (Å²) in [4.78, 5) is 5.11. The predicted octanol–water partition coefficient (Wildman–Crippen LogP) is 2.21. The van der Waals surface area contributed by atoms with Gasteiger partial charge in [0.1, 0.15) is 0 Å². The third-order valence-electron chi connectivity index (χ3n) is 5.18. The lowest BCUT2D eigenvalue weighted by Gasteiger charge is -2.23. The van der Waals surface area contributed by atoms with Gasteiger partial charge in [-0.3, -0.25) is 9.80 Å². The molecule has 0 amide bonds. The summed E-state index contributed by atoms with van der Waals surface area (Å²) in [6.07, 6.45) is 0. The second-order valence-corrected chi connectivity index (χ2v) is 7.37. The summed E-state index contributed by atoms with van der Waals surface area (Å²) in [5, 5.41) is 14.0. The van der Waals surface area contributed by atoms with Crippen LogP contribution < -0.4 is 21.3 Å². The third kappa shape index (κ3) is 16.4. The smallest absolute Gasteiger partial charge is 0.0234 e. The van der Waals surface area contributed by atoms with Crippen LogP contribution in [0.3, 0.4) is 0 Å². The van der Waals surface area contributed by atoms with E-state index in [0.717, 1.165) is 91.6 Å². The highest BCUT2D eigenvalue weighted by molar-refractivity contribution is 5.86. The Balaban J connectivity index is -0.000000653. The van der Waals surface area contributed by atoms with Crippen LogP contribution in [-0.4, -0.2) is 88.3 Å². The maximum atomic E-state index is 3.50. The Bertz CT molecular complexity index is 470. The topological polar surface area (TPSA) is 54.6 Å². The van der Waals surface area contributed by atoms with Gasteiger partial charge in [0.05, 0.1) is 0 Å². The van der Waals surface area contributed by atoms with Crippen LogP contribution in [0.1, 0.15) is 11.1 Å². The van der Waals surface area contributed by atoms with E-state index in [-0.39, 0.29) is 74.4 Å². The quantitative estimate of drug-likeness (QED) is 0.440. The van der Waals surface area contributed by atoms with Gasteiger partial charge in [0, 0.05) is 91.6 Å². The molecule has 3 rings (SSSR count). The lowest BCUT2D eigenvalue weighted by Crippen LogP contribution is -2.34. The summed E-state index contributed by atoms with van der Waals surface area (Å²) in [5.74, 6) is 0. The first-order valence-corrected chi connectivity index (χ1v) is 10.3. The molecule has 0 radical (unpaired) electrons. The molecule has 6 nitrogen and oxygen atoms in total. The minimum atomic E-state index is 0. The molecule has 194 valence electrons. The highest BCUT2D eigenvalue weighted by Crippen LogP contribution is 2.11. The minimum absolute atomic E-state index is 0. The molecule has 32 heavy (non-hydrogen) atoms. The van der Waals surface area contributed by atoms with Crippen molar-refractivity contribution in [3.05, 3.63) is 35.4 Å². The SMILES string of the molecule is Cl.Cl.Cl.Cl.Cl.Cl.c1cc(CN2CCNCCNCC2)cc(CN2CCNCCNCC2)c1. The molecule has 1 aromatic rings. The highest BCUT2D eigenvalue weighted by atomic mass is 35.5. The van der Waals surface area contributed by atoms with E-state index in [1.54, 1.807) is 0 Å². The Morgan fingerprint density at radius 2 is 0.812 bits per heavy atom. The molecule has 2 heterocycles. The first-order valence-electron chi connectivity index (χ1n) is 10.3. The molecule has 2 aliphatic heterocycles. The predicted molar refractivity (Wildman–Crippen MR) is 152 cm³/mol. The van der Waals surface area contributed by atoms with Crippen molar-refractivity contribution in [1.29, 1.82) is 0 Å². The molecule has 2 saturated heterocycles. The lowest BCUT2D eigenvalue weighted by molar-refractivity contribution is 0.268. The first-order chi connectivity index (χ1) is 12.9. The van der Waals surface area contributed by atoms with E-state index >= 15 is 0 Å². The monoisotopic (exact) mass is 576 g/mol. The number of nitrogens with zero attached hydrogens (tertiary/aromatic N) is 2. The highest BCUT2D eigenvalue weighted by Gasteiger charge is 2.10. The molecule has 2 fully saturated rings. The second kappa shape index (κ2) is 24.8. The minimum Gasteiger partial charge on any atom is -0.314 e. The number of nitrogens with one attached hydrogen (secondary N) is 4. The average molecular weight is 579 g/mol. The number of benzene rings is 1. The van der Waals surface area contributed by atoms with Crippen LogP contribution in [0.2, 0.25) is 0 Å². The summed E-state index contributed by atoms with van der Waals surface area (Å²) in [6.45, 7) is 15.2. The molecule has 1 aromatic carbocycles. The summed E-state index contributed by atoms with van der Waals surface area (Å²) in [6, 6.07) is 9.18. The van der Waals surface area contributed by atoms with Gasteiger partial charge >= 0.3 is 0 Å². The van der Waals surface area contributed by atoms with Crippen molar-refractivity contribution in [2.45, 2.75) is 13.1 Å². The van der Waals surface area contributed by atoms with Crippen LogP contribution in [0.15, 0.2) is 24.3 Å². The molecule has 0 spiro atoms. The van der Waals surface area contributed by atoms with Crippen molar-refractivity contribution < 1.29 is 0 Å². The van der Waals surface area contributed by atoms with E-state index in [2.05, 4.69) is 55.3 Å². The largest absolute Gasteiger partial charge is 0.314 e. The lowest BCUT2D eigenvalue weighted by atomic mass is 10.1. The van der Waals surface area contributed by atoms with Crippen LogP contribution >= 0.6 is 74.4 Å². The third-order valence-corrected chi connectivity index (χ3v) is 5.18. The fourth-order valence-corrected chi connectivity index (χ4v) is 3.68. The molecule has 0 atom stereocenters. The van der Waals surface area contributed by atoms with Crippen LogP contribution in [0.25, 0.3) is 0 Å². The molecule has 4 N–H and O–H groups in total. The summed E-state index contributed by atoms with van der Waals surface area (Å²) < 4.78 is 0. The van der Waals surface area contributed by atoms with Crippen LogP contribution in [0.5, 0.6) is 0 Å². The zero-order chi connectivity index (χ0) is 17.9. The standard InChI is InChI=1S/C20H36N6.6ClH/c1-2-19(17-25-12-8-21-4-5-22-9-13-25)16-20(3-1)18-26-14-10-23-6-7-24-11-15-26;;;;;;/h1-3,16,21-24H,4-15,17-18H2;6*1H. The number of hydrogen-bond donors (Lipinski definition) is 4. The zero-order valence-corrected chi connectivity index (χ0v) is 23.5. The Morgan fingerprint density at radius 3 is 1.12 bits per heavy atom. The van der Waals surface area contributed by atoms with Gasteiger partial charge in [-0.2, -0.15) is 0 Å². The zero-order valence-electron chi connectivity index (χ0n) is 18.6. The average Bonchev–Trinajstić information content (AvgIpc) is 2.86. The molecule has 0 bridgehead atoms. The van der Waals surface area contributed by atoms with Gasteiger partial charge in [0.25, 0.3) is 0 Å². The molecule has 0 unspecified atom stereocenters. The summed E-state index contributed by atoms with van der Waals surface area (Å²) >= 11 is 0. The summed E-state index contributed by atoms with van der Waals surface area (Å²) in [5.41, 5.74) is 2.87. The first kappa shape index (κ1) is 39.9. The van der Waals surface area contributed by atoms with Crippen molar-refractivity contribution in [2.75, 3.05) is 78.5 Å². The molecule has 2 aliphatic rings. The van der Waals surface area contributed by atoms with Crippen molar-refractivity contribution in [2.24, 2.45) is 0 Å². The Kier molecular flexibility index (Phi) is 31.0. The molecule has 0 aromatic heterocycles. The van der Waals surface area contributed by atoms with Crippen molar-refractivity contribution in [1.82, 2.24) is 31.1 Å². The molecular formula is C20H42Cl6N6. The van der Waals surface area contributed by atoms with E-state index < -0.39 is 0 Å². The Labute approximate surface area is 231 Å². The van der Waals surface area contributed by atoms with E-state index in [9.17, 15) is 0 Å². The number of halogens is 6. The number of rotatable bonds is 4. The van der Waals surface area contributed by atoms with E-state index in [1.165, 1.54) is 11.1 Å². The van der Waals surface area contributed by atoms with Crippen molar-refractivity contribution >= 4 is 74.4 Å². The molecule has 12 heteroatoms. The maximum Gasteiger partial charge on any atom is 0.0234 e. The summed E-state index contributed by atoms with van der Waals surface area (Å²) in [7, 11) is 0. The van der Waals surface area contributed by atoms with E-state index in [4.69, 9.17) is 0 Å². The Morgan fingerprint density at radius 1 is 0.500 bits per heavy atom. The van der Waals surface area contributed by atoms with Crippen molar-refractivity contribution in [3.63, 3.8) is 0 Å². The van der Waals surface area contributed by atoms with Gasteiger partial charge in [0.2, 0.25) is 0 Å². The van der Waals surface area contributed by atoms with Gasteiger partial charge in [-0.25, -0.2) is 0 Å². The van der Waals surface area contributed by atoms with Crippen LogP contribution in [-0.2, 0) is 13.1 Å². The fourth-order valence-electron chi connectivity index (χ4n) is 3.68. The van der Waals surface area contributed by atoms with Crippen LogP contribution in [0.4, 0.5) is 0 Å². The van der Waals surface area contributed by atoms with Gasteiger partial charge in [0.15, 0.2) is 0 Å². The second-order valence-electron chi connectivity index (χ2n) is 7.37. The van der Waals surface area contributed by atoms with Gasteiger partial charge < -0.3 is 21.3 Å². The van der Waals surface area contributed by atoms with Gasteiger partial charge in [-0.15, -0.1) is 74.4 Å². The van der Waals surface area contributed by atoms with Crippen LogP contribution in [0, 0.1) is 0 Å². The van der Waals surface area contributed by atoms with Crippen molar-refractivity contribution in [3.8, 4) is 0 Å². The fraction of sp³-hybridized carbons (Fsp3) is 0.700. The maximum absolute atomic E-state index is 3.50. The van der Waals surface area contributed by atoms with Gasteiger partial charge in [-0.05, 0) is 11.1 Å². The molecule has 0 saturated carbocycles. The van der Waals surface area contributed by atoms with E-state index in [1.807, 2.05) is 0 Å². The van der Waals surface area contributed by atoms with Gasteiger partial charge in [-0.1, -0.05) is 24.3 Å². The molecular weight excluding hydrogens is 537 g/mol.